The standard InChI is InChI=1S/C22H18N4O4/c1-28-18-11-10-14(13-19(18)29-2)20-25-22(30-26-20)15-7-3-4-8-16(15)24-21(27)17-9-5-6-12-23-17/h3-13H,1-2H3,(H,24,27). The van der Waals surface area contributed by atoms with E-state index in [0.717, 1.165) is 0 Å². The van der Waals surface area contributed by atoms with Gasteiger partial charge in [0.15, 0.2) is 11.5 Å². The highest BCUT2D eigenvalue weighted by Crippen LogP contribution is 2.33. The Bertz CT molecular complexity index is 1170. The fraction of sp³-hybridized carbons (Fsp3) is 0.0909. The molecule has 0 fully saturated rings. The van der Waals surface area contributed by atoms with Crippen molar-refractivity contribution in [3.63, 3.8) is 0 Å². The number of hydrogen-bond donors (Lipinski definition) is 1. The number of pyridine rings is 1. The third-order valence-electron chi connectivity index (χ3n) is 4.37. The van der Waals surface area contributed by atoms with E-state index in [-0.39, 0.29) is 11.8 Å². The minimum atomic E-state index is -0.331. The molecule has 30 heavy (non-hydrogen) atoms. The van der Waals surface area contributed by atoms with Gasteiger partial charge < -0.3 is 19.3 Å². The molecule has 150 valence electrons. The van der Waals surface area contributed by atoms with E-state index in [1.807, 2.05) is 18.2 Å². The number of rotatable bonds is 6. The van der Waals surface area contributed by atoms with Gasteiger partial charge in [0, 0.05) is 11.8 Å². The van der Waals surface area contributed by atoms with E-state index >= 15 is 0 Å². The number of hydrogen-bond acceptors (Lipinski definition) is 7. The number of ether oxygens (including phenoxy) is 2. The maximum Gasteiger partial charge on any atom is 0.274 e. The SMILES string of the molecule is COc1ccc(-c2noc(-c3ccccc3NC(=O)c3ccccn3)n2)cc1OC. The molecule has 8 nitrogen and oxygen atoms in total. The highest BCUT2D eigenvalue weighted by molar-refractivity contribution is 6.04. The summed E-state index contributed by atoms with van der Waals surface area (Å²) in [6.07, 6.45) is 1.56. The van der Waals surface area contributed by atoms with Crippen LogP contribution < -0.4 is 14.8 Å². The second-order valence-corrected chi connectivity index (χ2v) is 6.21. The van der Waals surface area contributed by atoms with Crippen molar-refractivity contribution in [3.8, 4) is 34.3 Å². The Morgan fingerprint density at radius 1 is 0.967 bits per heavy atom. The maximum absolute atomic E-state index is 12.5. The van der Waals surface area contributed by atoms with Gasteiger partial charge in [0.25, 0.3) is 11.8 Å². The van der Waals surface area contributed by atoms with Gasteiger partial charge in [0.1, 0.15) is 5.69 Å². The lowest BCUT2D eigenvalue weighted by atomic mass is 10.1. The zero-order valence-corrected chi connectivity index (χ0v) is 16.3. The third-order valence-corrected chi connectivity index (χ3v) is 4.37. The van der Waals surface area contributed by atoms with Crippen LogP contribution in [0.1, 0.15) is 10.5 Å². The zero-order chi connectivity index (χ0) is 20.9. The Kier molecular flexibility index (Phi) is 5.38. The molecule has 4 rings (SSSR count). The predicted molar refractivity (Wildman–Crippen MR) is 110 cm³/mol. The molecule has 0 radical (unpaired) electrons. The lowest BCUT2D eigenvalue weighted by Crippen LogP contribution is -2.14. The van der Waals surface area contributed by atoms with Gasteiger partial charge in [0.05, 0.1) is 25.5 Å². The first kappa shape index (κ1) is 19.1. The van der Waals surface area contributed by atoms with Crippen molar-refractivity contribution in [2.45, 2.75) is 0 Å². The summed E-state index contributed by atoms with van der Waals surface area (Å²) in [6.45, 7) is 0. The number of amides is 1. The molecule has 0 atom stereocenters. The van der Waals surface area contributed by atoms with Crippen LogP contribution in [0.15, 0.2) is 71.4 Å². The van der Waals surface area contributed by atoms with E-state index in [1.54, 1.807) is 62.9 Å². The van der Waals surface area contributed by atoms with E-state index in [9.17, 15) is 4.79 Å². The number of aromatic nitrogens is 3. The first-order chi connectivity index (χ1) is 14.7. The van der Waals surface area contributed by atoms with Crippen molar-refractivity contribution < 1.29 is 18.8 Å². The summed E-state index contributed by atoms with van der Waals surface area (Å²) in [5, 5.41) is 6.91. The second kappa shape index (κ2) is 8.44. The summed E-state index contributed by atoms with van der Waals surface area (Å²) in [7, 11) is 3.13. The van der Waals surface area contributed by atoms with Gasteiger partial charge in [0.2, 0.25) is 5.82 Å². The van der Waals surface area contributed by atoms with Crippen LogP contribution in [0.4, 0.5) is 5.69 Å². The molecule has 0 aliphatic rings. The molecule has 0 aliphatic carbocycles. The van der Waals surface area contributed by atoms with E-state index in [1.165, 1.54) is 0 Å². The highest BCUT2D eigenvalue weighted by atomic mass is 16.5. The van der Waals surface area contributed by atoms with Crippen LogP contribution >= 0.6 is 0 Å². The van der Waals surface area contributed by atoms with Crippen LogP contribution in [0.2, 0.25) is 0 Å². The molecule has 2 aromatic heterocycles. The number of carbonyl (C=O) groups excluding carboxylic acids is 1. The van der Waals surface area contributed by atoms with Crippen LogP contribution in [0, 0.1) is 0 Å². The molecule has 4 aromatic rings. The molecule has 0 aliphatic heterocycles. The first-order valence-electron chi connectivity index (χ1n) is 9.07. The van der Waals surface area contributed by atoms with Crippen LogP contribution in [0.5, 0.6) is 11.5 Å². The summed E-state index contributed by atoms with van der Waals surface area (Å²) in [5.74, 6) is 1.49. The Balaban J connectivity index is 1.64. The quantitative estimate of drug-likeness (QED) is 0.519. The molecule has 0 unspecified atom stereocenters. The van der Waals surface area contributed by atoms with Crippen molar-refractivity contribution >= 4 is 11.6 Å². The second-order valence-electron chi connectivity index (χ2n) is 6.21. The molecule has 0 saturated heterocycles. The number of methoxy groups -OCH3 is 2. The minimum Gasteiger partial charge on any atom is -0.493 e. The van der Waals surface area contributed by atoms with Crippen molar-refractivity contribution in [2.75, 3.05) is 19.5 Å². The normalized spacial score (nSPS) is 10.5. The first-order valence-corrected chi connectivity index (χ1v) is 9.07. The molecule has 0 saturated carbocycles. The predicted octanol–water partition coefficient (Wildman–Crippen LogP) is 4.07. The van der Waals surface area contributed by atoms with Crippen molar-refractivity contribution in [1.29, 1.82) is 0 Å². The number of benzene rings is 2. The number of anilines is 1. The van der Waals surface area contributed by atoms with Crippen molar-refractivity contribution in [1.82, 2.24) is 15.1 Å². The van der Waals surface area contributed by atoms with Crippen molar-refractivity contribution in [3.05, 3.63) is 72.6 Å². The number of para-hydroxylation sites is 1. The Morgan fingerprint density at radius 3 is 2.53 bits per heavy atom. The smallest absolute Gasteiger partial charge is 0.274 e. The molecule has 8 heteroatoms. The van der Waals surface area contributed by atoms with Gasteiger partial charge >= 0.3 is 0 Å². The average molecular weight is 402 g/mol. The number of nitrogens with one attached hydrogen (secondary N) is 1. The monoisotopic (exact) mass is 402 g/mol. The van der Waals surface area contributed by atoms with Crippen LogP contribution in [0.3, 0.4) is 0 Å². The summed E-state index contributed by atoms with van der Waals surface area (Å²) in [4.78, 5) is 21.0. The molecule has 1 N–H and O–H groups in total. The molecule has 2 aromatic carbocycles. The summed E-state index contributed by atoms with van der Waals surface area (Å²) < 4.78 is 16.0. The average Bonchev–Trinajstić information content (AvgIpc) is 3.29. The maximum atomic E-state index is 12.5. The Morgan fingerprint density at radius 2 is 1.77 bits per heavy atom. The molecular formula is C22H18N4O4. The summed E-state index contributed by atoms with van der Waals surface area (Å²) >= 11 is 0. The lowest BCUT2D eigenvalue weighted by Gasteiger charge is -2.08. The van der Waals surface area contributed by atoms with Gasteiger partial charge in [-0.25, -0.2) is 0 Å². The van der Waals surface area contributed by atoms with Crippen LogP contribution in [-0.2, 0) is 0 Å². The number of carbonyl (C=O) groups is 1. The van der Waals surface area contributed by atoms with Crippen LogP contribution in [0.25, 0.3) is 22.8 Å². The molecule has 0 spiro atoms. The van der Waals surface area contributed by atoms with E-state index < -0.39 is 0 Å². The number of nitrogens with zero attached hydrogens (tertiary/aromatic N) is 3. The largest absolute Gasteiger partial charge is 0.493 e. The highest BCUT2D eigenvalue weighted by Gasteiger charge is 2.17. The fourth-order valence-corrected chi connectivity index (χ4v) is 2.89. The van der Waals surface area contributed by atoms with Crippen LogP contribution in [-0.4, -0.2) is 35.3 Å². The fourth-order valence-electron chi connectivity index (χ4n) is 2.89. The van der Waals surface area contributed by atoms with Crippen molar-refractivity contribution in [2.24, 2.45) is 0 Å². The van der Waals surface area contributed by atoms with Gasteiger partial charge in [-0.15, -0.1) is 0 Å². The Hall–Kier alpha value is -4.20. The van der Waals surface area contributed by atoms with E-state index in [4.69, 9.17) is 14.0 Å². The van der Waals surface area contributed by atoms with Gasteiger partial charge in [-0.2, -0.15) is 4.98 Å². The molecule has 0 bridgehead atoms. The molecular weight excluding hydrogens is 384 g/mol. The molecule has 2 heterocycles. The summed E-state index contributed by atoms with van der Waals surface area (Å²) in [6, 6.07) is 17.7. The Labute approximate surface area is 172 Å². The topological polar surface area (TPSA) is 99.4 Å². The summed E-state index contributed by atoms with van der Waals surface area (Å²) in [5.41, 5.74) is 2.15. The van der Waals surface area contributed by atoms with Gasteiger partial charge in [-0.05, 0) is 42.5 Å². The van der Waals surface area contributed by atoms with Gasteiger partial charge in [-0.1, -0.05) is 23.4 Å². The molecule has 1 amide bonds. The lowest BCUT2D eigenvalue weighted by molar-refractivity contribution is 0.102. The van der Waals surface area contributed by atoms with Gasteiger partial charge in [-0.3, -0.25) is 9.78 Å². The van der Waals surface area contributed by atoms with E-state index in [2.05, 4.69) is 20.4 Å². The van der Waals surface area contributed by atoms with E-state index in [0.29, 0.717) is 39.8 Å². The zero-order valence-electron chi connectivity index (χ0n) is 16.3. The minimum absolute atomic E-state index is 0.275. The third kappa shape index (κ3) is 3.83.